The number of unbranched alkanes of at least 4 members (excludes halogenated alkanes) is 12. The van der Waals surface area contributed by atoms with Crippen molar-refractivity contribution in [3.05, 3.63) is 12.7 Å². The Morgan fingerprint density at radius 3 is 1.64 bits per heavy atom. The van der Waals surface area contributed by atoms with E-state index < -0.39 is 9.85 Å². The molecule has 0 amide bonds. The molecule has 0 atom stereocenters. The SMILES string of the molecule is C=CC(=O)OCCCCCCCCCCCCCCC[SiH2]F. The molecule has 0 heterocycles. The first kappa shape index (κ1) is 21.4. The lowest BCUT2D eigenvalue weighted by atomic mass is 10.0. The molecule has 0 radical (unpaired) electrons. The molecule has 0 fully saturated rings. The van der Waals surface area contributed by atoms with Gasteiger partial charge in [-0.1, -0.05) is 83.6 Å². The number of ether oxygens (including phenoxy) is 1. The molecule has 0 aliphatic carbocycles. The maximum absolute atomic E-state index is 12.0. The molecule has 22 heavy (non-hydrogen) atoms. The Kier molecular flexibility index (Phi) is 17.9. The maximum atomic E-state index is 12.0. The third-order valence-electron chi connectivity index (χ3n) is 3.94. The minimum atomic E-state index is -1.18. The van der Waals surface area contributed by atoms with E-state index in [4.69, 9.17) is 4.74 Å². The molecule has 0 rings (SSSR count). The molecule has 0 aromatic carbocycles. The first-order valence-electron chi connectivity index (χ1n) is 9.16. The van der Waals surface area contributed by atoms with Gasteiger partial charge >= 0.3 is 5.97 Å². The van der Waals surface area contributed by atoms with Gasteiger partial charge in [-0.05, 0) is 12.5 Å². The highest BCUT2D eigenvalue weighted by Crippen LogP contribution is 2.13. The monoisotopic (exact) mass is 330 g/mol. The average molecular weight is 331 g/mol. The topological polar surface area (TPSA) is 26.3 Å². The highest BCUT2D eigenvalue weighted by Gasteiger charge is 1.96. The normalized spacial score (nSPS) is 11.1. The third-order valence-corrected chi connectivity index (χ3v) is 4.71. The van der Waals surface area contributed by atoms with E-state index in [2.05, 4.69) is 6.58 Å². The van der Waals surface area contributed by atoms with Crippen LogP contribution >= 0.6 is 0 Å². The molecular formula is C18H35FO2Si. The third kappa shape index (κ3) is 17.4. The van der Waals surface area contributed by atoms with E-state index in [1.54, 1.807) is 0 Å². The number of halogens is 1. The molecule has 0 unspecified atom stereocenters. The van der Waals surface area contributed by atoms with Crippen molar-refractivity contribution in [3.8, 4) is 0 Å². The van der Waals surface area contributed by atoms with Crippen molar-refractivity contribution in [1.82, 2.24) is 0 Å². The van der Waals surface area contributed by atoms with Crippen LogP contribution in [0.3, 0.4) is 0 Å². The highest BCUT2D eigenvalue weighted by atomic mass is 28.3. The molecule has 0 aromatic heterocycles. The number of esters is 1. The Labute approximate surface area is 138 Å². The van der Waals surface area contributed by atoms with Crippen molar-refractivity contribution < 1.29 is 13.6 Å². The van der Waals surface area contributed by atoms with Crippen LogP contribution in [-0.2, 0) is 9.53 Å². The van der Waals surface area contributed by atoms with Gasteiger partial charge in [0.15, 0.2) is 0 Å². The van der Waals surface area contributed by atoms with Gasteiger partial charge in [0.2, 0.25) is 9.85 Å². The predicted octanol–water partition coefficient (Wildman–Crippen LogP) is 5.26. The Balaban J connectivity index is 2.99. The second kappa shape index (κ2) is 18.4. The first-order valence-corrected chi connectivity index (χ1v) is 10.7. The van der Waals surface area contributed by atoms with Crippen LogP contribution in [-0.4, -0.2) is 22.4 Å². The van der Waals surface area contributed by atoms with Gasteiger partial charge in [-0.2, -0.15) is 0 Å². The van der Waals surface area contributed by atoms with Crippen LogP contribution in [0.15, 0.2) is 12.7 Å². The summed E-state index contributed by atoms with van der Waals surface area (Å²) in [5, 5.41) is 0. The van der Waals surface area contributed by atoms with Gasteiger partial charge in [0, 0.05) is 6.08 Å². The van der Waals surface area contributed by atoms with Crippen LogP contribution in [0.4, 0.5) is 4.11 Å². The van der Waals surface area contributed by atoms with E-state index in [9.17, 15) is 8.90 Å². The zero-order chi connectivity index (χ0) is 16.3. The molecule has 0 aromatic rings. The number of hydrogen-bond acceptors (Lipinski definition) is 2. The lowest BCUT2D eigenvalue weighted by Crippen LogP contribution is -2.01. The van der Waals surface area contributed by atoms with Gasteiger partial charge in [0.05, 0.1) is 6.61 Å². The lowest BCUT2D eigenvalue weighted by Gasteiger charge is -2.03. The van der Waals surface area contributed by atoms with E-state index in [1.165, 1.54) is 70.3 Å². The van der Waals surface area contributed by atoms with Gasteiger partial charge in [0.1, 0.15) is 0 Å². The van der Waals surface area contributed by atoms with E-state index >= 15 is 0 Å². The average Bonchev–Trinajstić information content (AvgIpc) is 2.54. The summed E-state index contributed by atoms with van der Waals surface area (Å²) in [6, 6.07) is 0.886. The van der Waals surface area contributed by atoms with Crippen LogP contribution in [0.5, 0.6) is 0 Å². The second-order valence-electron chi connectivity index (χ2n) is 6.01. The number of carbonyl (C=O) groups excluding carboxylic acids is 1. The molecule has 0 aliphatic heterocycles. The quantitative estimate of drug-likeness (QED) is 0.120. The van der Waals surface area contributed by atoms with Crippen LogP contribution in [0, 0.1) is 0 Å². The van der Waals surface area contributed by atoms with Gasteiger partial charge < -0.3 is 8.84 Å². The van der Waals surface area contributed by atoms with Crippen molar-refractivity contribution in [2.45, 2.75) is 89.5 Å². The summed E-state index contributed by atoms with van der Waals surface area (Å²) in [5.74, 6) is -0.315. The van der Waals surface area contributed by atoms with Crippen LogP contribution in [0.1, 0.15) is 83.5 Å². The van der Waals surface area contributed by atoms with Crippen molar-refractivity contribution in [2.24, 2.45) is 0 Å². The van der Waals surface area contributed by atoms with E-state index in [-0.39, 0.29) is 5.97 Å². The summed E-state index contributed by atoms with van der Waals surface area (Å²) in [6.07, 6.45) is 17.6. The van der Waals surface area contributed by atoms with E-state index in [1.807, 2.05) is 0 Å². The van der Waals surface area contributed by atoms with Crippen molar-refractivity contribution in [3.63, 3.8) is 0 Å². The zero-order valence-corrected chi connectivity index (χ0v) is 15.7. The van der Waals surface area contributed by atoms with Gasteiger partial charge in [-0.25, -0.2) is 4.79 Å². The molecule has 2 nitrogen and oxygen atoms in total. The van der Waals surface area contributed by atoms with Crippen molar-refractivity contribution >= 4 is 15.8 Å². The largest absolute Gasteiger partial charge is 0.463 e. The molecular weight excluding hydrogens is 295 g/mol. The maximum Gasteiger partial charge on any atom is 0.330 e. The number of carbonyl (C=O) groups is 1. The summed E-state index contributed by atoms with van der Waals surface area (Å²) >= 11 is 0. The van der Waals surface area contributed by atoms with Crippen molar-refractivity contribution in [2.75, 3.05) is 6.61 Å². The first-order chi connectivity index (χ1) is 10.8. The molecule has 4 heteroatoms. The Bertz CT molecular complexity index is 259. The minimum Gasteiger partial charge on any atom is -0.463 e. The standard InChI is InChI=1S/C18H35FO2Si/c1-2-18(20)21-16-14-12-10-8-6-4-3-5-7-9-11-13-15-17-22-19/h2H,1,3-17,22H2. The molecule has 0 aliphatic rings. The number of rotatable bonds is 17. The predicted molar refractivity (Wildman–Crippen MR) is 95.6 cm³/mol. The van der Waals surface area contributed by atoms with Gasteiger partial charge in [0.25, 0.3) is 0 Å². The van der Waals surface area contributed by atoms with Gasteiger partial charge in [-0.3, -0.25) is 0 Å². The summed E-state index contributed by atoms with van der Waals surface area (Å²) < 4.78 is 17.0. The van der Waals surface area contributed by atoms with Crippen molar-refractivity contribution in [1.29, 1.82) is 0 Å². The number of hydrogen-bond donors (Lipinski definition) is 0. The lowest BCUT2D eigenvalue weighted by molar-refractivity contribution is -0.137. The van der Waals surface area contributed by atoms with E-state index in [0.29, 0.717) is 6.61 Å². The molecule has 0 N–H and O–H groups in total. The van der Waals surface area contributed by atoms with Crippen LogP contribution < -0.4 is 0 Å². The Morgan fingerprint density at radius 2 is 1.23 bits per heavy atom. The molecule has 0 saturated heterocycles. The summed E-state index contributed by atoms with van der Waals surface area (Å²) in [6.45, 7) is 3.89. The molecule has 0 saturated carbocycles. The van der Waals surface area contributed by atoms with Crippen LogP contribution in [0.2, 0.25) is 6.04 Å². The fraction of sp³-hybridized carbons (Fsp3) is 0.833. The fourth-order valence-corrected chi connectivity index (χ4v) is 3.09. The summed E-state index contributed by atoms with van der Waals surface area (Å²) in [5.41, 5.74) is 0. The van der Waals surface area contributed by atoms with Crippen LogP contribution in [0.25, 0.3) is 0 Å². The van der Waals surface area contributed by atoms with E-state index in [0.717, 1.165) is 25.3 Å². The Hall–Kier alpha value is -0.643. The minimum absolute atomic E-state index is 0.315. The van der Waals surface area contributed by atoms with Gasteiger partial charge in [-0.15, -0.1) is 0 Å². The molecule has 0 bridgehead atoms. The highest BCUT2D eigenvalue weighted by molar-refractivity contribution is 6.25. The zero-order valence-electron chi connectivity index (χ0n) is 14.3. The summed E-state index contributed by atoms with van der Waals surface area (Å²) in [4.78, 5) is 10.8. The second-order valence-corrected chi connectivity index (χ2v) is 7.10. The smallest absolute Gasteiger partial charge is 0.330 e. The Morgan fingerprint density at radius 1 is 0.818 bits per heavy atom. The fourth-order valence-electron chi connectivity index (χ4n) is 2.55. The summed E-state index contributed by atoms with van der Waals surface area (Å²) in [7, 11) is -1.18. The molecule has 0 spiro atoms. The molecule has 130 valence electrons.